The molecule has 0 aromatic heterocycles. The highest BCUT2D eigenvalue weighted by Gasteiger charge is 2.24. The fourth-order valence-corrected chi connectivity index (χ4v) is 2.49. The molecule has 1 atom stereocenters. The number of hydrogen-bond acceptors (Lipinski definition) is 4. The summed E-state index contributed by atoms with van der Waals surface area (Å²) >= 11 is 5.96. The van der Waals surface area contributed by atoms with Gasteiger partial charge in [-0.15, -0.1) is 0 Å². The molecule has 0 saturated heterocycles. The highest BCUT2D eigenvalue weighted by molar-refractivity contribution is 6.31. The quantitative estimate of drug-likeness (QED) is 0.893. The van der Waals surface area contributed by atoms with Gasteiger partial charge in [0, 0.05) is 10.6 Å². The first-order valence-electron chi connectivity index (χ1n) is 7.24. The summed E-state index contributed by atoms with van der Waals surface area (Å²) in [4.78, 5) is 24.1. The maximum atomic E-state index is 12.5. The Kier molecular flexibility index (Phi) is 4.31. The van der Waals surface area contributed by atoms with Crippen molar-refractivity contribution in [2.75, 3.05) is 17.7 Å². The molecule has 6 nitrogen and oxygen atoms in total. The van der Waals surface area contributed by atoms with Gasteiger partial charge < -0.3 is 20.1 Å². The lowest BCUT2D eigenvalue weighted by Gasteiger charge is -2.23. The minimum absolute atomic E-state index is 0.253. The summed E-state index contributed by atoms with van der Waals surface area (Å²) in [6, 6.07) is 9.77. The molecule has 24 heavy (non-hydrogen) atoms. The molecule has 0 radical (unpaired) electrons. The number of methoxy groups -OCH3 is 1. The molecule has 2 amide bonds. The van der Waals surface area contributed by atoms with Crippen LogP contribution >= 0.6 is 11.6 Å². The molecule has 1 aliphatic rings. The van der Waals surface area contributed by atoms with Crippen molar-refractivity contribution in [1.82, 2.24) is 0 Å². The van der Waals surface area contributed by atoms with E-state index in [0.29, 0.717) is 33.5 Å². The predicted molar refractivity (Wildman–Crippen MR) is 91.1 cm³/mol. The molecule has 0 fully saturated rings. The summed E-state index contributed by atoms with van der Waals surface area (Å²) < 4.78 is 10.7. The van der Waals surface area contributed by atoms with Gasteiger partial charge in [0.05, 0.1) is 18.5 Å². The van der Waals surface area contributed by atoms with Crippen LogP contribution in [0.15, 0.2) is 36.4 Å². The second kappa shape index (κ2) is 6.41. The van der Waals surface area contributed by atoms with E-state index in [4.69, 9.17) is 21.1 Å². The SMILES string of the molecule is COc1ccc(Cl)cc1NC(=O)c1ccc2c(c1)NC(=O)C(C)O2. The molecule has 0 aliphatic carbocycles. The van der Waals surface area contributed by atoms with Crippen molar-refractivity contribution in [3.8, 4) is 11.5 Å². The third-order valence-electron chi connectivity index (χ3n) is 3.58. The van der Waals surface area contributed by atoms with Gasteiger partial charge in [-0.3, -0.25) is 9.59 Å². The van der Waals surface area contributed by atoms with E-state index < -0.39 is 6.10 Å². The zero-order valence-corrected chi connectivity index (χ0v) is 13.8. The molecule has 7 heteroatoms. The van der Waals surface area contributed by atoms with Crippen molar-refractivity contribution >= 4 is 34.8 Å². The van der Waals surface area contributed by atoms with Crippen LogP contribution in [0.1, 0.15) is 17.3 Å². The van der Waals surface area contributed by atoms with Crippen molar-refractivity contribution in [2.45, 2.75) is 13.0 Å². The second-order valence-corrected chi connectivity index (χ2v) is 5.70. The molecule has 1 heterocycles. The Morgan fingerprint density at radius 1 is 1.29 bits per heavy atom. The summed E-state index contributed by atoms with van der Waals surface area (Å²) in [5.41, 5.74) is 1.29. The van der Waals surface area contributed by atoms with Gasteiger partial charge in [-0.2, -0.15) is 0 Å². The number of fused-ring (bicyclic) bond motifs is 1. The van der Waals surface area contributed by atoms with Crippen LogP contribution in [0.2, 0.25) is 5.02 Å². The van der Waals surface area contributed by atoms with E-state index in [1.807, 2.05) is 0 Å². The number of amides is 2. The lowest BCUT2D eigenvalue weighted by Crippen LogP contribution is -2.34. The van der Waals surface area contributed by atoms with Gasteiger partial charge in [0.15, 0.2) is 6.10 Å². The number of hydrogen-bond donors (Lipinski definition) is 2. The summed E-state index contributed by atoms with van der Waals surface area (Å²) in [6.45, 7) is 1.66. The van der Waals surface area contributed by atoms with Crippen LogP contribution in [0.4, 0.5) is 11.4 Å². The minimum Gasteiger partial charge on any atom is -0.495 e. The average molecular weight is 347 g/mol. The zero-order valence-electron chi connectivity index (χ0n) is 13.1. The normalized spacial score (nSPS) is 15.8. The molecule has 0 spiro atoms. The number of benzene rings is 2. The summed E-state index contributed by atoms with van der Waals surface area (Å²) in [6.07, 6.45) is -0.562. The Balaban J connectivity index is 1.85. The Morgan fingerprint density at radius 3 is 2.83 bits per heavy atom. The number of ether oxygens (including phenoxy) is 2. The van der Waals surface area contributed by atoms with E-state index in [-0.39, 0.29) is 11.8 Å². The maximum absolute atomic E-state index is 12.5. The van der Waals surface area contributed by atoms with Crippen LogP contribution in [0.5, 0.6) is 11.5 Å². The van der Waals surface area contributed by atoms with E-state index in [1.54, 1.807) is 43.3 Å². The molecule has 2 aromatic rings. The van der Waals surface area contributed by atoms with Crippen molar-refractivity contribution < 1.29 is 19.1 Å². The van der Waals surface area contributed by atoms with Crippen LogP contribution in [-0.4, -0.2) is 25.0 Å². The highest BCUT2D eigenvalue weighted by atomic mass is 35.5. The third kappa shape index (κ3) is 3.14. The molecule has 1 aliphatic heterocycles. The Bertz CT molecular complexity index is 822. The van der Waals surface area contributed by atoms with Gasteiger partial charge in [-0.05, 0) is 43.3 Å². The van der Waals surface area contributed by atoms with Crippen molar-refractivity contribution in [3.63, 3.8) is 0 Å². The van der Waals surface area contributed by atoms with Crippen molar-refractivity contribution in [1.29, 1.82) is 0 Å². The number of rotatable bonds is 3. The molecule has 0 saturated carbocycles. The van der Waals surface area contributed by atoms with Gasteiger partial charge in [0.2, 0.25) is 0 Å². The van der Waals surface area contributed by atoms with E-state index in [1.165, 1.54) is 7.11 Å². The number of carbonyl (C=O) groups is 2. The fraction of sp³-hybridized carbons (Fsp3) is 0.176. The van der Waals surface area contributed by atoms with Gasteiger partial charge in [-0.1, -0.05) is 11.6 Å². The first-order chi connectivity index (χ1) is 11.5. The monoisotopic (exact) mass is 346 g/mol. The third-order valence-corrected chi connectivity index (χ3v) is 3.82. The summed E-state index contributed by atoms with van der Waals surface area (Å²) in [5.74, 6) is 0.415. The largest absolute Gasteiger partial charge is 0.495 e. The van der Waals surface area contributed by atoms with Crippen LogP contribution in [0, 0.1) is 0 Å². The Morgan fingerprint density at radius 2 is 2.08 bits per heavy atom. The molecule has 2 N–H and O–H groups in total. The molecule has 124 valence electrons. The Labute approximate surface area is 143 Å². The first-order valence-corrected chi connectivity index (χ1v) is 7.62. The van der Waals surface area contributed by atoms with Crippen LogP contribution in [-0.2, 0) is 4.79 Å². The Hall–Kier alpha value is -2.73. The zero-order chi connectivity index (χ0) is 17.3. The molecular weight excluding hydrogens is 332 g/mol. The van der Waals surface area contributed by atoms with Gasteiger partial charge in [-0.25, -0.2) is 0 Å². The van der Waals surface area contributed by atoms with Crippen molar-refractivity contribution in [2.24, 2.45) is 0 Å². The van der Waals surface area contributed by atoms with Gasteiger partial charge >= 0.3 is 0 Å². The van der Waals surface area contributed by atoms with Crippen molar-refractivity contribution in [3.05, 3.63) is 47.0 Å². The number of anilines is 2. The van der Waals surface area contributed by atoms with Crippen LogP contribution in [0.25, 0.3) is 0 Å². The smallest absolute Gasteiger partial charge is 0.265 e. The second-order valence-electron chi connectivity index (χ2n) is 5.26. The average Bonchev–Trinajstić information content (AvgIpc) is 2.55. The highest BCUT2D eigenvalue weighted by Crippen LogP contribution is 2.32. The predicted octanol–water partition coefficient (Wildman–Crippen LogP) is 3.32. The topological polar surface area (TPSA) is 76.7 Å². The molecule has 2 aromatic carbocycles. The van der Waals surface area contributed by atoms with Gasteiger partial charge in [0.1, 0.15) is 11.5 Å². The maximum Gasteiger partial charge on any atom is 0.265 e. The first kappa shape index (κ1) is 16.1. The molecular formula is C17H15ClN2O4. The van der Waals surface area contributed by atoms with E-state index in [2.05, 4.69) is 10.6 Å². The van der Waals surface area contributed by atoms with Crippen LogP contribution < -0.4 is 20.1 Å². The van der Waals surface area contributed by atoms with Gasteiger partial charge in [0.25, 0.3) is 11.8 Å². The molecule has 0 bridgehead atoms. The van der Waals surface area contributed by atoms with E-state index in [0.717, 1.165) is 0 Å². The summed E-state index contributed by atoms with van der Waals surface area (Å²) in [5, 5.41) is 5.93. The van der Waals surface area contributed by atoms with E-state index >= 15 is 0 Å². The lowest BCUT2D eigenvalue weighted by atomic mass is 10.1. The molecule has 3 rings (SSSR count). The minimum atomic E-state index is -0.562. The number of carbonyl (C=O) groups excluding carboxylic acids is 2. The van der Waals surface area contributed by atoms with E-state index in [9.17, 15) is 9.59 Å². The fourth-order valence-electron chi connectivity index (χ4n) is 2.32. The molecule has 1 unspecified atom stereocenters. The number of halogens is 1. The van der Waals surface area contributed by atoms with Crippen LogP contribution in [0.3, 0.4) is 0 Å². The lowest BCUT2D eigenvalue weighted by molar-refractivity contribution is -0.122. The standard InChI is InChI=1S/C17H15ClN2O4/c1-9-16(21)19-12-7-10(3-5-15(12)24-9)17(22)20-13-8-11(18)4-6-14(13)23-2/h3-9H,1-2H3,(H,19,21)(H,20,22). The summed E-state index contributed by atoms with van der Waals surface area (Å²) in [7, 11) is 1.51. The number of nitrogens with one attached hydrogen (secondary N) is 2.